The summed E-state index contributed by atoms with van der Waals surface area (Å²) in [4.78, 5) is 1.26. The molecule has 1 aliphatic heterocycles. The molecule has 1 aliphatic rings. The molecule has 10 heavy (non-hydrogen) atoms. The lowest BCUT2D eigenvalue weighted by Crippen LogP contribution is -2.30. The molecule has 0 aromatic carbocycles. The van der Waals surface area contributed by atoms with Crippen LogP contribution in [0.4, 0.5) is 0 Å². The summed E-state index contributed by atoms with van der Waals surface area (Å²) in [7, 11) is 0. The second-order valence-corrected chi connectivity index (χ2v) is 4.32. The maximum Gasteiger partial charge on any atom is 0.0265 e. The smallest absolute Gasteiger partial charge is 0.0265 e. The Kier molecular flexibility index (Phi) is 1.94. The summed E-state index contributed by atoms with van der Waals surface area (Å²) in [5.41, 5.74) is 3.09. The van der Waals surface area contributed by atoms with Crippen LogP contribution in [0.15, 0.2) is 11.1 Å². The standard InChI is InChI=1S/C6H13N3S/c1-6(2,3)5-4-8-9(7)10-5/h4,8H,7H2,1-3H3. The lowest BCUT2D eigenvalue weighted by atomic mass is 9.97. The van der Waals surface area contributed by atoms with E-state index in [2.05, 4.69) is 26.2 Å². The lowest BCUT2D eigenvalue weighted by Gasteiger charge is -2.18. The van der Waals surface area contributed by atoms with Gasteiger partial charge in [-0.05, 0) is 17.4 Å². The van der Waals surface area contributed by atoms with Crippen molar-refractivity contribution in [3.63, 3.8) is 0 Å². The van der Waals surface area contributed by atoms with E-state index in [1.165, 1.54) is 21.4 Å². The topological polar surface area (TPSA) is 41.3 Å². The third kappa shape index (κ3) is 1.65. The molecule has 3 nitrogen and oxygen atoms in total. The summed E-state index contributed by atoms with van der Waals surface area (Å²) < 4.78 is 1.50. The van der Waals surface area contributed by atoms with Gasteiger partial charge in [-0.25, -0.2) is 5.84 Å². The zero-order valence-electron chi connectivity index (χ0n) is 6.51. The van der Waals surface area contributed by atoms with Crippen molar-refractivity contribution in [3.8, 4) is 0 Å². The SMILES string of the molecule is CC(C)(C)C1=CNN(N)S1. The third-order valence-electron chi connectivity index (χ3n) is 1.26. The van der Waals surface area contributed by atoms with E-state index in [4.69, 9.17) is 5.84 Å². The van der Waals surface area contributed by atoms with Crippen LogP contribution in [0.3, 0.4) is 0 Å². The van der Waals surface area contributed by atoms with Gasteiger partial charge in [0.25, 0.3) is 0 Å². The first kappa shape index (κ1) is 7.91. The molecule has 0 amide bonds. The summed E-state index contributed by atoms with van der Waals surface area (Å²) in [6, 6.07) is 0. The van der Waals surface area contributed by atoms with Crippen molar-refractivity contribution < 1.29 is 0 Å². The maximum absolute atomic E-state index is 5.45. The Labute approximate surface area is 65.7 Å². The van der Waals surface area contributed by atoms with E-state index in [0.717, 1.165) is 0 Å². The first-order chi connectivity index (χ1) is 4.50. The number of nitrogens with two attached hydrogens (primary N) is 1. The summed E-state index contributed by atoms with van der Waals surface area (Å²) >= 11 is 1.53. The minimum absolute atomic E-state index is 0.200. The number of rotatable bonds is 0. The van der Waals surface area contributed by atoms with Gasteiger partial charge in [-0.3, -0.25) is 0 Å². The molecule has 0 atom stereocenters. The van der Waals surface area contributed by atoms with Gasteiger partial charge in [-0.2, -0.15) is 0 Å². The van der Waals surface area contributed by atoms with Crippen molar-refractivity contribution >= 4 is 11.9 Å². The fraction of sp³-hybridized carbons (Fsp3) is 0.667. The molecule has 0 saturated carbocycles. The molecule has 0 radical (unpaired) electrons. The largest absolute Gasteiger partial charge is 0.302 e. The Hall–Kier alpha value is -0.190. The Morgan fingerprint density at radius 3 is 2.40 bits per heavy atom. The van der Waals surface area contributed by atoms with Crippen molar-refractivity contribution in [2.24, 2.45) is 11.3 Å². The fourth-order valence-corrected chi connectivity index (χ4v) is 1.33. The normalized spacial score (nSPS) is 20.6. The van der Waals surface area contributed by atoms with Crippen LogP contribution in [-0.2, 0) is 0 Å². The van der Waals surface area contributed by atoms with Crippen LogP contribution in [0.1, 0.15) is 20.8 Å². The van der Waals surface area contributed by atoms with Crippen LogP contribution in [0.2, 0.25) is 0 Å². The van der Waals surface area contributed by atoms with E-state index in [1.807, 2.05) is 6.20 Å². The number of nitrogens with zero attached hydrogens (tertiary/aromatic N) is 1. The molecule has 0 bridgehead atoms. The first-order valence-electron chi connectivity index (χ1n) is 3.20. The average Bonchev–Trinajstić information content (AvgIpc) is 2.11. The maximum atomic E-state index is 5.45. The van der Waals surface area contributed by atoms with Gasteiger partial charge in [0.2, 0.25) is 0 Å². The van der Waals surface area contributed by atoms with Gasteiger partial charge in [0.15, 0.2) is 0 Å². The number of hydrogen-bond acceptors (Lipinski definition) is 4. The van der Waals surface area contributed by atoms with E-state index < -0.39 is 0 Å². The monoisotopic (exact) mass is 159 g/mol. The van der Waals surface area contributed by atoms with Gasteiger partial charge in [0.1, 0.15) is 0 Å². The molecule has 1 rings (SSSR count). The van der Waals surface area contributed by atoms with Crippen molar-refractivity contribution in [3.05, 3.63) is 11.1 Å². The van der Waals surface area contributed by atoms with E-state index in [0.29, 0.717) is 0 Å². The van der Waals surface area contributed by atoms with Gasteiger partial charge >= 0.3 is 0 Å². The predicted octanol–water partition coefficient (Wildman–Crippen LogP) is 1.22. The van der Waals surface area contributed by atoms with Gasteiger partial charge in [-0.15, -0.1) is 0 Å². The van der Waals surface area contributed by atoms with E-state index in [-0.39, 0.29) is 5.41 Å². The Morgan fingerprint density at radius 1 is 1.60 bits per heavy atom. The quantitative estimate of drug-likeness (QED) is 0.412. The number of allylic oxidation sites excluding steroid dienone is 1. The van der Waals surface area contributed by atoms with Crippen LogP contribution >= 0.6 is 11.9 Å². The van der Waals surface area contributed by atoms with Crippen molar-refractivity contribution in [1.82, 2.24) is 9.95 Å². The third-order valence-corrected chi connectivity index (χ3v) is 2.49. The second-order valence-electron chi connectivity index (χ2n) is 3.30. The number of hydrogen-bond donors (Lipinski definition) is 2. The van der Waals surface area contributed by atoms with Gasteiger partial charge in [0, 0.05) is 11.1 Å². The van der Waals surface area contributed by atoms with Gasteiger partial charge in [0.05, 0.1) is 0 Å². The van der Waals surface area contributed by atoms with Crippen LogP contribution in [0.25, 0.3) is 0 Å². The molecule has 0 saturated heterocycles. The highest BCUT2D eigenvalue weighted by Crippen LogP contribution is 2.36. The number of hydrazine groups is 2. The molecule has 0 aromatic heterocycles. The minimum Gasteiger partial charge on any atom is -0.302 e. The van der Waals surface area contributed by atoms with Crippen LogP contribution in [0, 0.1) is 5.41 Å². The van der Waals surface area contributed by atoms with Crippen LogP contribution < -0.4 is 11.3 Å². The molecule has 58 valence electrons. The van der Waals surface area contributed by atoms with E-state index in [1.54, 1.807) is 0 Å². The van der Waals surface area contributed by atoms with Gasteiger partial charge < -0.3 is 5.43 Å². The summed E-state index contributed by atoms with van der Waals surface area (Å²) in [6.07, 6.45) is 1.94. The van der Waals surface area contributed by atoms with Crippen molar-refractivity contribution in [2.75, 3.05) is 0 Å². The highest BCUT2D eigenvalue weighted by atomic mass is 32.2. The molecule has 0 aliphatic carbocycles. The summed E-state index contributed by atoms with van der Waals surface area (Å²) in [6.45, 7) is 6.48. The highest BCUT2D eigenvalue weighted by Gasteiger charge is 2.23. The molecule has 0 unspecified atom stereocenters. The lowest BCUT2D eigenvalue weighted by molar-refractivity contribution is 0.440. The van der Waals surface area contributed by atoms with E-state index in [9.17, 15) is 0 Å². The molecule has 4 heteroatoms. The van der Waals surface area contributed by atoms with Crippen LogP contribution in [0.5, 0.6) is 0 Å². The Bertz CT molecular complexity index is 159. The fourth-order valence-electron chi connectivity index (χ4n) is 0.634. The molecular weight excluding hydrogens is 146 g/mol. The van der Waals surface area contributed by atoms with Crippen molar-refractivity contribution in [2.45, 2.75) is 20.8 Å². The molecular formula is C6H13N3S. The second kappa shape index (κ2) is 2.45. The summed E-state index contributed by atoms with van der Waals surface area (Å²) in [5, 5.41) is 0. The predicted molar refractivity (Wildman–Crippen MR) is 44.3 cm³/mol. The minimum atomic E-state index is 0.200. The molecule has 0 spiro atoms. The van der Waals surface area contributed by atoms with Gasteiger partial charge in [-0.1, -0.05) is 25.3 Å². The highest BCUT2D eigenvalue weighted by molar-refractivity contribution is 8.01. The molecule has 0 aromatic rings. The average molecular weight is 159 g/mol. The Morgan fingerprint density at radius 2 is 2.20 bits per heavy atom. The molecule has 0 fully saturated rings. The molecule has 3 N–H and O–H groups in total. The zero-order chi connectivity index (χ0) is 7.78. The van der Waals surface area contributed by atoms with Crippen molar-refractivity contribution in [1.29, 1.82) is 0 Å². The first-order valence-corrected chi connectivity index (χ1v) is 3.97. The number of nitrogens with one attached hydrogen (secondary N) is 1. The Balaban J connectivity index is 2.60. The van der Waals surface area contributed by atoms with Crippen LogP contribution in [-0.4, -0.2) is 4.52 Å². The van der Waals surface area contributed by atoms with E-state index >= 15 is 0 Å². The zero-order valence-corrected chi connectivity index (χ0v) is 7.33. The summed E-state index contributed by atoms with van der Waals surface area (Å²) in [5.74, 6) is 5.45. The molecule has 1 heterocycles.